The van der Waals surface area contributed by atoms with E-state index in [0.717, 1.165) is 16.5 Å². The normalized spacial score (nSPS) is 13.6. The van der Waals surface area contributed by atoms with Gasteiger partial charge < -0.3 is 11.1 Å². The number of carbonyl (C=O) groups is 2. The van der Waals surface area contributed by atoms with Gasteiger partial charge in [-0.1, -0.05) is 72.8 Å². The van der Waals surface area contributed by atoms with Crippen LogP contribution in [-0.2, 0) is 0 Å². The Kier molecular flexibility index (Phi) is 7.61. The summed E-state index contributed by atoms with van der Waals surface area (Å²) in [5, 5.41) is 13.8. The van der Waals surface area contributed by atoms with E-state index in [-0.39, 0.29) is 11.8 Å². The number of anilines is 2. The molecule has 5 aromatic rings. The van der Waals surface area contributed by atoms with Crippen LogP contribution >= 0.6 is 0 Å². The van der Waals surface area contributed by atoms with Gasteiger partial charge in [0, 0.05) is 22.1 Å². The lowest BCUT2D eigenvalue weighted by molar-refractivity contribution is 0.0951. The van der Waals surface area contributed by atoms with Crippen molar-refractivity contribution in [3.8, 4) is 6.07 Å². The summed E-state index contributed by atoms with van der Waals surface area (Å²) < 4.78 is 0. The van der Waals surface area contributed by atoms with Crippen molar-refractivity contribution in [3.63, 3.8) is 0 Å². The zero-order valence-electron chi connectivity index (χ0n) is 21.4. The second-order valence-corrected chi connectivity index (χ2v) is 9.01. The maximum Gasteiger partial charge on any atom is 0.259 e. The number of nitriles is 1. The number of carbonyl (C=O) groups excluding carboxylic acids is 2. The van der Waals surface area contributed by atoms with Gasteiger partial charge in [-0.25, -0.2) is 0 Å². The van der Waals surface area contributed by atoms with Crippen LogP contribution in [0.2, 0.25) is 0 Å². The summed E-state index contributed by atoms with van der Waals surface area (Å²) in [7, 11) is 0. The number of hydrogen-bond acceptors (Lipinski definition) is 5. The number of nitrogens with two attached hydrogens (primary N) is 1. The van der Waals surface area contributed by atoms with Crippen LogP contribution in [0, 0.1) is 11.3 Å². The highest BCUT2D eigenvalue weighted by atomic mass is 16.2. The number of nitrogens with zero attached hydrogens (tertiary/aromatic N) is 3. The van der Waals surface area contributed by atoms with Gasteiger partial charge in [0.05, 0.1) is 34.9 Å². The molecule has 40 heavy (non-hydrogen) atoms. The van der Waals surface area contributed by atoms with Crippen LogP contribution in [0.5, 0.6) is 0 Å². The van der Waals surface area contributed by atoms with E-state index < -0.39 is 6.04 Å². The molecule has 1 aliphatic rings. The third kappa shape index (κ3) is 5.57. The average Bonchev–Trinajstić information content (AvgIpc) is 3.01. The molecule has 7 heteroatoms. The van der Waals surface area contributed by atoms with Crippen LogP contribution in [0.1, 0.15) is 26.3 Å². The monoisotopic (exact) mass is 523 g/mol. The summed E-state index contributed by atoms with van der Waals surface area (Å²) in [5.41, 5.74) is 9.96. The van der Waals surface area contributed by atoms with Crippen LogP contribution in [0.15, 0.2) is 127 Å². The first-order valence-corrected chi connectivity index (χ1v) is 12.6. The van der Waals surface area contributed by atoms with Crippen molar-refractivity contribution < 1.29 is 9.59 Å². The molecule has 2 heterocycles. The molecule has 0 spiro atoms. The SMILES string of the molecule is N#CC1C(NC(=O)c2ccccc2)=Cc2ccccc2N1C(=O)c1ccccc1.Nc1cnc2ccccc2c1. The molecule has 1 aliphatic heterocycles. The van der Waals surface area contributed by atoms with Crippen molar-refractivity contribution in [1.29, 1.82) is 5.26 Å². The number of nitrogens with one attached hydrogen (secondary N) is 1. The molecule has 0 fully saturated rings. The third-order valence-corrected chi connectivity index (χ3v) is 6.33. The van der Waals surface area contributed by atoms with Crippen molar-refractivity contribution >= 4 is 40.2 Å². The Morgan fingerprint density at radius 2 is 1.45 bits per heavy atom. The van der Waals surface area contributed by atoms with E-state index in [9.17, 15) is 14.9 Å². The Labute approximate surface area is 231 Å². The van der Waals surface area contributed by atoms with Crippen LogP contribution in [0.25, 0.3) is 17.0 Å². The Morgan fingerprint density at radius 3 is 2.17 bits per heavy atom. The fourth-order valence-corrected chi connectivity index (χ4v) is 4.41. The summed E-state index contributed by atoms with van der Waals surface area (Å²) in [6.07, 6.45) is 3.42. The number of fused-ring (bicyclic) bond motifs is 2. The number of rotatable bonds is 3. The Bertz CT molecular complexity index is 1740. The molecule has 2 amide bonds. The highest BCUT2D eigenvalue weighted by Gasteiger charge is 2.34. The van der Waals surface area contributed by atoms with Crippen molar-refractivity contribution in [2.45, 2.75) is 6.04 Å². The lowest BCUT2D eigenvalue weighted by atomic mass is 9.98. The van der Waals surface area contributed by atoms with Crippen molar-refractivity contribution in [2.24, 2.45) is 0 Å². The fraction of sp³-hybridized carbons (Fsp3) is 0.0303. The topological polar surface area (TPSA) is 112 Å². The molecule has 1 unspecified atom stereocenters. The molecular weight excluding hydrogens is 498 g/mol. The van der Waals surface area contributed by atoms with Gasteiger partial charge in [-0.3, -0.25) is 19.5 Å². The Morgan fingerprint density at radius 1 is 0.825 bits per heavy atom. The maximum absolute atomic E-state index is 13.3. The molecule has 0 saturated heterocycles. The van der Waals surface area contributed by atoms with Gasteiger partial charge in [-0.15, -0.1) is 0 Å². The number of benzene rings is 4. The molecular formula is C33H25N5O2. The molecule has 0 bridgehead atoms. The van der Waals surface area contributed by atoms with Crippen LogP contribution in [-0.4, -0.2) is 22.8 Å². The molecule has 7 nitrogen and oxygen atoms in total. The zero-order chi connectivity index (χ0) is 27.9. The standard InChI is InChI=1S/C24H17N3O2.C9H8N2/c25-16-22-20(26-23(28)17-9-3-1-4-10-17)15-19-13-7-8-14-21(19)27(22)24(29)18-11-5-2-6-12-18;10-8-5-7-3-1-2-4-9(7)11-6-8/h1-15,22H,(H,26,28);1-6H,10H2. The molecule has 0 radical (unpaired) electrons. The third-order valence-electron chi connectivity index (χ3n) is 6.33. The molecule has 3 N–H and O–H groups in total. The van der Waals surface area contributed by atoms with E-state index in [1.165, 1.54) is 4.90 Å². The second kappa shape index (κ2) is 11.8. The largest absolute Gasteiger partial charge is 0.397 e. The van der Waals surface area contributed by atoms with Gasteiger partial charge in [0.15, 0.2) is 6.04 Å². The van der Waals surface area contributed by atoms with E-state index in [2.05, 4.69) is 16.4 Å². The van der Waals surface area contributed by atoms with E-state index in [1.54, 1.807) is 66.9 Å². The zero-order valence-corrected chi connectivity index (χ0v) is 21.4. The number of nitrogen functional groups attached to an aromatic ring is 1. The maximum atomic E-state index is 13.3. The summed E-state index contributed by atoms with van der Waals surface area (Å²) in [6.45, 7) is 0. The van der Waals surface area contributed by atoms with Gasteiger partial charge in [0.25, 0.3) is 11.8 Å². The first-order valence-electron chi connectivity index (χ1n) is 12.6. The van der Waals surface area contributed by atoms with E-state index in [4.69, 9.17) is 5.73 Å². The average molecular weight is 524 g/mol. The summed E-state index contributed by atoms with van der Waals surface area (Å²) in [4.78, 5) is 31.5. The molecule has 0 aliphatic carbocycles. The number of aromatic nitrogens is 1. The van der Waals surface area contributed by atoms with Crippen LogP contribution in [0.3, 0.4) is 0 Å². The van der Waals surface area contributed by atoms with Crippen molar-refractivity contribution in [1.82, 2.24) is 10.3 Å². The van der Waals surface area contributed by atoms with Gasteiger partial charge in [0.1, 0.15) is 0 Å². The predicted molar refractivity (Wildman–Crippen MR) is 157 cm³/mol. The minimum atomic E-state index is -0.953. The highest BCUT2D eigenvalue weighted by molar-refractivity contribution is 6.09. The first kappa shape index (κ1) is 25.9. The lowest BCUT2D eigenvalue weighted by Crippen LogP contribution is -2.47. The van der Waals surface area contributed by atoms with Gasteiger partial charge in [-0.2, -0.15) is 5.26 Å². The van der Waals surface area contributed by atoms with Gasteiger partial charge in [0.2, 0.25) is 0 Å². The van der Waals surface area contributed by atoms with Gasteiger partial charge >= 0.3 is 0 Å². The van der Waals surface area contributed by atoms with E-state index in [0.29, 0.717) is 28.2 Å². The molecule has 194 valence electrons. The van der Waals surface area contributed by atoms with Crippen molar-refractivity contribution in [2.75, 3.05) is 10.6 Å². The minimum absolute atomic E-state index is 0.302. The lowest BCUT2D eigenvalue weighted by Gasteiger charge is -2.34. The van der Waals surface area contributed by atoms with E-state index >= 15 is 0 Å². The van der Waals surface area contributed by atoms with Gasteiger partial charge in [-0.05, 0) is 48.5 Å². The summed E-state index contributed by atoms with van der Waals surface area (Å²) >= 11 is 0. The van der Waals surface area contributed by atoms with Crippen molar-refractivity contribution in [3.05, 3.63) is 144 Å². The second-order valence-electron chi connectivity index (χ2n) is 9.01. The molecule has 1 atom stereocenters. The Hall–Kier alpha value is -5.74. The number of para-hydroxylation sites is 2. The molecule has 1 aromatic heterocycles. The predicted octanol–water partition coefficient (Wildman–Crippen LogP) is 5.83. The molecule has 0 saturated carbocycles. The summed E-state index contributed by atoms with van der Waals surface area (Å²) in [6, 6.07) is 35.9. The summed E-state index contributed by atoms with van der Waals surface area (Å²) in [5.74, 6) is -0.632. The Balaban J connectivity index is 0.000000244. The minimum Gasteiger partial charge on any atom is -0.397 e. The van der Waals surface area contributed by atoms with E-state index in [1.807, 2.05) is 60.7 Å². The molecule has 4 aromatic carbocycles. The number of hydrogen-bond donors (Lipinski definition) is 2. The molecule has 6 rings (SSSR count). The highest BCUT2D eigenvalue weighted by Crippen LogP contribution is 2.33. The van der Waals surface area contributed by atoms with Crippen LogP contribution in [0.4, 0.5) is 11.4 Å². The number of pyridine rings is 1. The number of amides is 2. The first-order chi connectivity index (χ1) is 19.5. The quantitative estimate of drug-likeness (QED) is 0.309. The smallest absolute Gasteiger partial charge is 0.259 e. The van der Waals surface area contributed by atoms with Crippen LogP contribution < -0.4 is 16.0 Å². The fourth-order valence-electron chi connectivity index (χ4n) is 4.41.